The number of carbonyl (C=O) groups is 1. The van der Waals surface area contributed by atoms with Gasteiger partial charge in [-0.1, -0.05) is 33.8 Å². The Kier molecular flexibility index (Phi) is 4.38. The van der Waals surface area contributed by atoms with E-state index in [0.717, 1.165) is 5.56 Å². The number of hydrogen-bond donors (Lipinski definition) is 2. The molecule has 0 spiro atoms. The van der Waals surface area contributed by atoms with Gasteiger partial charge in [-0.05, 0) is 29.9 Å². The molecule has 2 N–H and O–H groups in total. The molecule has 1 unspecified atom stereocenters. The predicted octanol–water partition coefficient (Wildman–Crippen LogP) is 3.71. The summed E-state index contributed by atoms with van der Waals surface area (Å²) in [7, 11) is 0. The number of nitrogens with one attached hydrogen (secondary N) is 1. The lowest BCUT2D eigenvalue weighted by Crippen LogP contribution is -2.23. The van der Waals surface area contributed by atoms with E-state index in [1.54, 1.807) is 18.2 Å². The smallest absolute Gasteiger partial charge is 0.224 e. The highest BCUT2D eigenvalue weighted by Crippen LogP contribution is 2.28. The third-order valence-corrected chi connectivity index (χ3v) is 3.46. The van der Waals surface area contributed by atoms with E-state index in [0.29, 0.717) is 18.0 Å². The number of phenols is 1. The summed E-state index contributed by atoms with van der Waals surface area (Å²) in [5.41, 5.74) is 1.56. The molecule has 1 rings (SSSR count). The average Bonchev–Trinajstić information content (AvgIpc) is 2.22. The molecule has 3 heteroatoms. The fourth-order valence-electron chi connectivity index (χ4n) is 1.48. The Morgan fingerprint density at radius 1 is 1.39 bits per heavy atom. The van der Waals surface area contributed by atoms with E-state index >= 15 is 0 Å². The van der Waals surface area contributed by atoms with E-state index in [4.69, 9.17) is 0 Å². The first-order valence-corrected chi connectivity index (χ1v) is 6.29. The van der Waals surface area contributed by atoms with Gasteiger partial charge in [-0.15, -0.1) is 0 Å². The number of aryl methyl sites for hydroxylation is 1. The van der Waals surface area contributed by atoms with Gasteiger partial charge in [-0.3, -0.25) is 4.79 Å². The Bertz CT molecular complexity index is 433. The molecule has 0 heterocycles. The third-order valence-electron chi connectivity index (χ3n) is 3.46. The molecule has 1 atom stereocenters. The van der Waals surface area contributed by atoms with Crippen molar-refractivity contribution in [2.75, 3.05) is 5.32 Å². The molecular formula is C15H23NO2. The molecule has 0 aliphatic rings. The lowest BCUT2D eigenvalue weighted by atomic mass is 9.80. The molecule has 1 aromatic rings. The molecule has 0 fully saturated rings. The van der Waals surface area contributed by atoms with Crippen LogP contribution in [-0.4, -0.2) is 11.0 Å². The second-order valence-electron chi connectivity index (χ2n) is 6.02. The van der Waals surface area contributed by atoms with Gasteiger partial charge in [0.1, 0.15) is 5.75 Å². The molecular weight excluding hydrogens is 226 g/mol. The van der Waals surface area contributed by atoms with Gasteiger partial charge < -0.3 is 10.4 Å². The lowest BCUT2D eigenvalue weighted by molar-refractivity contribution is -0.117. The Hall–Kier alpha value is -1.51. The maximum atomic E-state index is 11.9. The largest absolute Gasteiger partial charge is 0.508 e. The maximum absolute atomic E-state index is 11.9. The van der Waals surface area contributed by atoms with Crippen molar-refractivity contribution >= 4 is 11.6 Å². The zero-order valence-corrected chi connectivity index (χ0v) is 11.9. The molecule has 0 saturated heterocycles. The normalized spacial score (nSPS) is 13.2. The van der Waals surface area contributed by atoms with Gasteiger partial charge in [-0.2, -0.15) is 0 Å². The second-order valence-corrected chi connectivity index (χ2v) is 6.02. The zero-order valence-electron chi connectivity index (χ0n) is 11.9. The van der Waals surface area contributed by atoms with E-state index in [9.17, 15) is 9.90 Å². The summed E-state index contributed by atoms with van der Waals surface area (Å²) in [6.45, 7) is 10.3. The van der Waals surface area contributed by atoms with Crippen molar-refractivity contribution < 1.29 is 9.90 Å². The molecule has 18 heavy (non-hydrogen) atoms. The van der Waals surface area contributed by atoms with Crippen molar-refractivity contribution in [2.24, 2.45) is 11.3 Å². The van der Waals surface area contributed by atoms with Crippen molar-refractivity contribution in [3.8, 4) is 5.75 Å². The molecule has 0 radical (unpaired) electrons. The summed E-state index contributed by atoms with van der Waals surface area (Å²) in [4.78, 5) is 11.9. The topological polar surface area (TPSA) is 49.3 Å². The molecule has 0 saturated carbocycles. The summed E-state index contributed by atoms with van der Waals surface area (Å²) in [6.07, 6.45) is 0.484. The van der Waals surface area contributed by atoms with Crippen LogP contribution in [0.15, 0.2) is 18.2 Å². The minimum absolute atomic E-state index is 0.0133. The minimum atomic E-state index is -0.0133. The first kappa shape index (κ1) is 14.6. The summed E-state index contributed by atoms with van der Waals surface area (Å²) >= 11 is 0. The van der Waals surface area contributed by atoms with E-state index < -0.39 is 0 Å². The molecule has 0 aromatic heterocycles. The summed E-state index contributed by atoms with van der Waals surface area (Å²) in [5.74, 6) is 0.494. The fourth-order valence-corrected chi connectivity index (χ4v) is 1.48. The number of carbonyl (C=O) groups excluding carboxylic acids is 1. The predicted molar refractivity (Wildman–Crippen MR) is 74.7 cm³/mol. The van der Waals surface area contributed by atoms with Crippen LogP contribution in [-0.2, 0) is 4.79 Å². The fraction of sp³-hybridized carbons (Fsp3) is 0.533. The zero-order chi connectivity index (χ0) is 13.9. The van der Waals surface area contributed by atoms with Gasteiger partial charge in [-0.25, -0.2) is 0 Å². The number of aromatic hydroxyl groups is 1. The standard InChI is InChI=1S/C15H23NO2/c1-10-6-7-12(9-13(10)17)16-14(18)8-11(2)15(3,4)5/h6-7,9,11,17H,8H2,1-5H3,(H,16,18). The second kappa shape index (κ2) is 5.42. The van der Waals surface area contributed by atoms with Crippen LogP contribution in [0, 0.1) is 18.3 Å². The number of benzene rings is 1. The SMILES string of the molecule is Cc1ccc(NC(=O)CC(C)C(C)(C)C)cc1O. The molecule has 0 aliphatic heterocycles. The maximum Gasteiger partial charge on any atom is 0.224 e. The van der Waals surface area contributed by atoms with Crippen molar-refractivity contribution in [3.05, 3.63) is 23.8 Å². The van der Waals surface area contributed by atoms with Gasteiger partial charge in [0.25, 0.3) is 0 Å². The van der Waals surface area contributed by atoms with E-state index in [-0.39, 0.29) is 17.1 Å². The molecule has 100 valence electrons. The highest BCUT2D eigenvalue weighted by atomic mass is 16.3. The Morgan fingerprint density at radius 3 is 2.50 bits per heavy atom. The van der Waals surface area contributed by atoms with Crippen molar-refractivity contribution in [1.82, 2.24) is 0 Å². The number of amides is 1. The van der Waals surface area contributed by atoms with Gasteiger partial charge >= 0.3 is 0 Å². The van der Waals surface area contributed by atoms with E-state index in [1.165, 1.54) is 0 Å². The van der Waals surface area contributed by atoms with Crippen LogP contribution in [0.5, 0.6) is 5.75 Å². The van der Waals surface area contributed by atoms with Crippen LogP contribution >= 0.6 is 0 Å². The van der Waals surface area contributed by atoms with Crippen LogP contribution in [0.3, 0.4) is 0 Å². The monoisotopic (exact) mass is 249 g/mol. The quantitative estimate of drug-likeness (QED) is 0.858. The van der Waals surface area contributed by atoms with Gasteiger partial charge in [0.2, 0.25) is 5.91 Å². The summed E-state index contributed by atoms with van der Waals surface area (Å²) in [5, 5.41) is 12.4. The van der Waals surface area contributed by atoms with E-state index in [1.807, 2.05) is 6.92 Å². The van der Waals surface area contributed by atoms with Crippen LogP contribution in [0.4, 0.5) is 5.69 Å². The van der Waals surface area contributed by atoms with Crippen molar-refractivity contribution in [2.45, 2.75) is 41.0 Å². The number of anilines is 1. The number of hydrogen-bond acceptors (Lipinski definition) is 2. The van der Waals surface area contributed by atoms with Gasteiger partial charge in [0.15, 0.2) is 0 Å². The first-order valence-electron chi connectivity index (χ1n) is 6.29. The molecule has 3 nitrogen and oxygen atoms in total. The van der Waals surface area contributed by atoms with Crippen molar-refractivity contribution in [3.63, 3.8) is 0 Å². The van der Waals surface area contributed by atoms with Gasteiger partial charge in [0, 0.05) is 18.2 Å². The minimum Gasteiger partial charge on any atom is -0.508 e. The summed E-state index contributed by atoms with van der Waals surface area (Å²) in [6, 6.07) is 5.17. The van der Waals surface area contributed by atoms with Crippen LogP contribution in [0.25, 0.3) is 0 Å². The Morgan fingerprint density at radius 2 is 2.00 bits per heavy atom. The lowest BCUT2D eigenvalue weighted by Gasteiger charge is -2.26. The van der Waals surface area contributed by atoms with Gasteiger partial charge in [0.05, 0.1) is 0 Å². The highest BCUT2D eigenvalue weighted by Gasteiger charge is 2.22. The molecule has 0 aliphatic carbocycles. The molecule has 0 bridgehead atoms. The molecule has 1 amide bonds. The van der Waals surface area contributed by atoms with Crippen LogP contribution < -0.4 is 5.32 Å². The summed E-state index contributed by atoms with van der Waals surface area (Å²) < 4.78 is 0. The van der Waals surface area contributed by atoms with Crippen molar-refractivity contribution in [1.29, 1.82) is 0 Å². The Labute approximate surface area is 109 Å². The average molecular weight is 249 g/mol. The number of rotatable bonds is 3. The third kappa shape index (κ3) is 4.06. The first-order chi connectivity index (χ1) is 8.20. The Balaban J connectivity index is 2.62. The van der Waals surface area contributed by atoms with E-state index in [2.05, 4.69) is 33.0 Å². The molecule has 1 aromatic carbocycles. The highest BCUT2D eigenvalue weighted by molar-refractivity contribution is 5.91. The van der Waals surface area contributed by atoms with Crippen LogP contribution in [0.1, 0.15) is 39.7 Å². The van der Waals surface area contributed by atoms with Crippen LogP contribution in [0.2, 0.25) is 0 Å². The number of phenolic OH excluding ortho intramolecular Hbond substituents is 1.